The molecule has 12 heteroatoms. The third-order valence-electron chi connectivity index (χ3n) is 7.16. The molecule has 1 heterocycles. The monoisotopic (exact) mass is 620 g/mol. The Hall–Kier alpha value is -2.80. The number of hydrogen-bond acceptors (Lipinski definition) is 7. The van der Waals surface area contributed by atoms with E-state index in [-0.39, 0.29) is 25.2 Å². The van der Waals surface area contributed by atoms with Crippen LogP contribution in [0, 0.1) is 5.41 Å². The van der Waals surface area contributed by atoms with Crippen LogP contribution in [0.5, 0.6) is 0 Å². The molecule has 0 unspecified atom stereocenters. The van der Waals surface area contributed by atoms with Gasteiger partial charge in [-0.1, -0.05) is 73.1 Å². The fraction of sp³-hybridized carbons (Fsp3) is 0.467. The van der Waals surface area contributed by atoms with Gasteiger partial charge in [0.2, 0.25) is 11.8 Å². The van der Waals surface area contributed by atoms with Crippen LogP contribution in [0.3, 0.4) is 0 Å². The van der Waals surface area contributed by atoms with E-state index in [1.807, 2.05) is 61.5 Å². The number of hydrogen-bond donors (Lipinski definition) is 3. The van der Waals surface area contributed by atoms with Gasteiger partial charge in [0.15, 0.2) is 0 Å². The molecule has 0 aromatic heterocycles. The Labute approximate surface area is 253 Å². The SMILES string of the molecule is C[C@H](N)C(=O)N[C@H](C(=O)N1CCC[C@H]1C=C[C@](C)(COS(N)(=O)=O)Cc1cccc(Cl)c1)[C@@H](C)OCc1ccccc1. The quantitative estimate of drug-likeness (QED) is 0.274. The lowest BCUT2D eigenvalue weighted by Gasteiger charge is -2.32. The number of ether oxygens (including phenoxy) is 1. The first-order valence-corrected chi connectivity index (χ1v) is 15.7. The Bertz CT molecular complexity index is 1340. The van der Waals surface area contributed by atoms with Gasteiger partial charge < -0.3 is 20.7 Å². The summed E-state index contributed by atoms with van der Waals surface area (Å²) < 4.78 is 34.2. The highest BCUT2D eigenvalue weighted by atomic mass is 35.5. The van der Waals surface area contributed by atoms with Crippen LogP contribution in [0.2, 0.25) is 5.02 Å². The molecule has 5 N–H and O–H groups in total. The van der Waals surface area contributed by atoms with Crippen molar-refractivity contribution in [3.8, 4) is 0 Å². The minimum Gasteiger partial charge on any atom is -0.371 e. The fourth-order valence-corrected chi connectivity index (χ4v) is 5.49. The number of nitrogens with two attached hydrogens (primary N) is 2. The van der Waals surface area contributed by atoms with Crippen molar-refractivity contribution in [2.45, 2.75) is 70.9 Å². The Morgan fingerprint density at radius 2 is 1.86 bits per heavy atom. The van der Waals surface area contributed by atoms with Gasteiger partial charge in [0.25, 0.3) is 0 Å². The molecule has 0 spiro atoms. The summed E-state index contributed by atoms with van der Waals surface area (Å²) >= 11 is 6.17. The van der Waals surface area contributed by atoms with Crippen LogP contribution in [0.15, 0.2) is 66.7 Å². The molecule has 2 aromatic carbocycles. The van der Waals surface area contributed by atoms with Crippen LogP contribution in [-0.2, 0) is 41.8 Å². The molecule has 2 amide bonds. The minimum atomic E-state index is -4.17. The molecule has 0 radical (unpaired) electrons. The third kappa shape index (κ3) is 10.5. The zero-order valence-electron chi connectivity index (χ0n) is 24.2. The lowest BCUT2D eigenvalue weighted by atomic mass is 9.83. The largest absolute Gasteiger partial charge is 0.371 e. The first-order valence-electron chi connectivity index (χ1n) is 13.9. The highest BCUT2D eigenvalue weighted by molar-refractivity contribution is 7.84. The topological polar surface area (TPSA) is 154 Å². The van der Waals surface area contributed by atoms with E-state index in [9.17, 15) is 18.0 Å². The maximum absolute atomic E-state index is 13.9. The molecule has 10 nitrogen and oxygen atoms in total. The molecule has 0 aliphatic carbocycles. The van der Waals surface area contributed by atoms with E-state index in [1.54, 1.807) is 30.9 Å². The van der Waals surface area contributed by atoms with E-state index in [2.05, 4.69) is 5.32 Å². The van der Waals surface area contributed by atoms with Gasteiger partial charge in [-0.3, -0.25) is 13.8 Å². The van der Waals surface area contributed by atoms with Crippen molar-refractivity contribution in [3.05, 3.63) is 82.9 Å². The molecule has 1 saturated heterocycles. The van der Waals surface area contributed by atoms with Crippen LogP contribution in [0.1, 0.15) is 44.7 Å². The molecule has 230 valence electrons. The van der Waals surface area contributed by atoms with Gasteiger partial charge in [-0.15, -0.1) is 0 Å². The van der Waals surface area contributed by atoms with Gasteiger partial charge in [0.1, 0.15) is 6.04 Å². The predicted octanol–water partition coefficient (Wildman–Crippen LogP) is 3.09. The van der Waals surface area contributed by atoms with Crippen LogP contribution in [0.4, 0.5) is 0 Å². The summed E-state index contributed by atoms with van der Waals surface area (Å²) in [5.74, 6) is -0.738. The zero-order valence-corrected chi connectivity index (χ0v) is 25.8. The third-order valence-corrected chi connectivity index (χ3v) is 7.84. The second kappa shape index (κ2) is 15.1. The van der Waals surface area contributed by atoms with E-state index in [1.165, 1.54) is 0 Å². The average molecular weight is 621 g/mol. The predicted molar refractivity (Wildman–Crippen MR) is 162 cm³/mol. The Morgan fingerprint density at radius 1 is 1.17 bits per heavy atom. The van der Waals surface area contributed by atoms with Gasteiger partial charge >= 0.3 is 10.3 Å². The molecule has 1 fully saturated rings. The zero-order chi connectivity index (χ0) is 30.9. The van der Waals surface area contributed by atoms with Gasteiger partial charge in [0, 0.05) is 17.0 Å². The standard InChI is InChI=1S/C30H41ClN4O6S/c1-21(32)28(36)34-27(22(2)40-19-23-9-5-4-6-10-23)29(37)35-16-8-13-26(35)14-15-30(3,20-41-42(33,38)39)18-24-11-7-12-25(31)17-24/h4-7,9-12,14-15,17,21-22,26-27H,8,13,16,18-20,32H2,1-3H3,(H,34,36)(H2,33,38,39)/t21-,22+,26-,27-,30-/m0/s1. The molecule has 1 aliphatic rings. The molecular weight excluding hydrogens is 580 g/mol. The molecule has 5 atom stereocenters. The number of halogens is 1. The van der Waals surface area contributed by atoms with Gasteiger partial charge in [-0.25, -0.2) is 5.14 Å². The maximum atomic E-state index is 13.9. The lowest BCUT2D eigenvalue weighted by molar-refractivity contribution is -0.141. The summed E-state index contributed by atoms with van der Waals surface area (Å²) in [4.78, 5) is 28.2. The number of nitrogens with zero attached hydrogens (tertiary/aromatic N) is 1. The highest BCUT2D eigenvalue weighted by Gasteiger charge is 2.37. The molecule has 42 heavy (non-hydrogen) atoms. The van der Waals surface area contributed by atoms with Crippen molar-refractivity contribution in [1.82, 2.24) is 10.2 Å². The first-order chi connectivity index (χ1) is 19.8. The van der Waals surface area contributed by atoms with Crippen molar-refractivity contribution in [3.63, 3.8) is 0 Å². The number of carbonyl (C=O) groups excluding carboxylic acids is 2. The number of rotatable bonds is 14. The van der Waals surface area contributed by atoms with Gasteiger partial charge in [-0.2, -0.15) is 8.42 Å². The maximum Gasteiger partial charge on any atom is 0.333 e. The Kier molecular flexibility index (Phi) is 12.1. The smallest absolute Gasteiger partial charge is 0.333 e. The molecule has 3 rings (SSSR count). The number of benzene rings is 2. The molecule has 0 saturated carbocycles. The lowest BCUT2D eigenvalue weighted by Crippen LogP contribution is -2.57. The number of amides is 2. The van der Waals surface area contributed by atoms with Crippen molar-refractivity contribution < 1.29 is 26.9 Å². The van der Waals surface area contributed by atoms with E-state index in [0.29, 0.717) is 24.4 Å². The van der Waals surface area contributed by atoms with E-state index >= 15 is 0 Å². The fourth-order valence-electron chi connectivity index (χ4n) is 4.84. The molecule has 2 aromatic rings. The second-order valence-electron chi connectivity index (χ2n) is 11.1. The van der Waals surface area contributed by atoms with Gasteiger partial charge in [-0.05, 0) is 56.4 Å². The number of likely N-dealkylation sites (tertiary alicyclic amines) is 1. The molecule has 0 bridgehead atoms. The van der Waals surface area contributed by atoms with Crippen molar-refractivity contribution in [1.29, 1.82) is 0 Å². The summed E-state index contributed by atoms with van der Waals surface area (Å²) in [5.41, 5.74) is 6.83. The Morgan fingerprint density at radius 3 is 2.50 bits per heavy atom. The Balaban J connectivity index is 1.81. The van der Waals surface area contributed by atoms with Crippen molar-refractivity contribution >= 4 is 33.7 Å². The number of nitrogens with one attached hydrogen (secondary N) is 1. The van der Waals surface area contributed by atoms with E-state index in [0.717, 1.165) is 17.5 Å². The van der Waals surface area contributed by atoms with Crippen molar-refractivity contribution in [2.75, 3.05) is 13.2 Å². The van der Waals surface area contributed by atoms with Crippen LogP contribution in [0.25, 0.3) is 0 Å². The average Bonchev–Trinajstić information content (AvgIpc) is 3.41. The van der Waals surface area contributed by atoms with E-state index < -0.39 is 39.8 Å². The summed E-state index contributed by atoms with van der Waals surface area (Å²) in [6.45, 7) is 5.71. The van der Waals surface area contributed by atoms with E-state index in [4.69, 9.17) is 31.4 Å². The van der Waals surface area contributed by atoms with Gasteiger partial charge in [0.05, 0.1) is 31.4 Å². The minimum absolute atomic E-state index is 0.201. The molecule has 1 aliphatic heterocycles. The van der Waals surface area contributed by atoms with Crippen LogP contribution < -0.4 is 16.2 Å². The number of carbonyl (C=O) groups is 2. The summed E-state index contributed by atoms with van der Waals surface area (Å²) in [6.07, 6.45) is 4.98. The summed E-state index contributed by atoms with van der Waals surface area (Å²) in [6, 6.07) is 14.8. The van der Waals surface area contributed by atoms with Crippen LogP contribution >= 0.6 is 11.6 Å². The summed E-state index contributed by atoms with van der Waals surface area (Å²) in [5, 5.41) is 8.46. The highest BCUT2D eigenvalue weighted by Crippen LogP contribution is 2.29. The molecular formula is C30H41ClN4O6S. The van der Waals surface area contributed by atoms with Crippen LogP contribution in [-0.4, -0.2) is 62.5 Å². The van der Waals surface area contributed by atoms with Crippen molar-refractivity contribution in [2.24, 2.45) is 16.3 Å². The first kappa shape index (κ1) is 33.7. The summed E-state index contributed by atoms with van der Waals surface area (Å²) in [7, 11) is -4.17. The second-order valence-corrected chi connectivity index (χ2v) is 12.8. The normalized spacial score (nSPS) is 19.3.